The molecule has 0 amide bonds. The van der Waals surface area contributed by atoms with Crippen LogP contribution in [0.1, 0.15) is 58.8 Å². The van der Waals surface area contributed by atoms with Gasteiger partial charge in [0.25, 0.3) is 0 Å². The zero-order chi connectivity index (χ0) is 11.4. The summed E-state index contributed by atoms with van der Waals surface area (Å²) < 4.78 is 0. The van der Waals surface area contributed by atoms with Crippen LogP contribution in [-0.4, -0.2) is 0 Å². The lowest BCUT2D eigenvalue weighted by molar-refractivity contribution is -0.0685. The molecule has 4 fully saturated rings. The fourth-order valence-electron chi connectivity index (χ4n) is 5.50. The molecule has 0 atom stereocenters. The summed E-state index contributed by atoms with van der Waals surface area (Å²) in [5, 5.41) is 0. The van der Waals surface area contributed by atoms with E-state index in [1.807, 2.05) is 0 Å². The lowest BCUT2D eigenvalue weighted by atomic mass is 9.47. The molecule has 4 aliphatic rings. The first-order valence-electron chi connectivity index (χ1n) is 6.98. The van der Waals surface area contributed by atoms with Crippen molar-refractivity contribution in [3.8, 4) is 12.3 Å². The molecule has 0 unspecified atom stereocenters. The molecule has 0 heteroatoms. The van der Waals surface area contributed by atoms with E-state index in [-0.39, 0.29) is 5.41 Å². The lowest BCUT2D eigenvalue weighted by Gasteiger charge is -2.58. The average Bonchev–Trinajstić information content (AvgIpc) is 2.13. The van der Waals surface area contributed by atoms with Crippen LogP contribution in [0, 0.1) is 40.9 Å². The van der Waals surface area contributed by atoms with E-state index < -0.39 is 0 Å². The van der Waals surface area contributed by atoms with Crippen molar-refractivity contribution in [1.82, 2.24) is 0 Å². The minimum Gasteiger partial charge on any atom is -0.120 e. The van der Waals surface area contributed by atoms with Gasteiger partial charge >= 0.3 is 0 Å². The lowest BCUT2D eigenvalue weighted by Crippen LogP contribution is -2.47. The van der Waals surface area contributed by atoms with E-state index >= 15 is 0 Å². The highest BCUT2D eigenvalue weighted by molar-refractivity contribution is 5.08. The Morgan fingerprint density at radius 3 is 1.88 bits per heavy atom. The molecule has 0 aromatic heterocycles. The second-order valence-electron chi connectivity index (χ2n) is 7.62. The van der Waals surface area contributed by atoms with Crippen LogP contribution in [0.3, 0.4) is 0 Å². The van der Waals surface area contributed by atoms with Crippen molar-refractivity contribution < 1.29 is 0 Å². The standard InChI is InChI=1S/C16H24/c1-4-15(2,3)11-16-8-12-5-13(9-16)7-14(6-12)10-16/h1,12-14H,5-11H2,2-3H3. The van der Waals surface area contributed by atoms with Crippen LogP contribution in [0.25, 0.3) is 0 Å². The highest BCUT2D eigenvalue weighted by Gasteiger charge is 2.51. The van der Waals surface area contributed by atoms with E-state index in [0.717, 1.165) is 17.8 Å². The quantitative estimate of drug-likeness (QED) is 0.605. The van der Waals surface area contributed by atoms with E-state index in [9.17, 15) is 0 Å². The van der Waals surface area contributed by atoms with Crippen LogP contribution < -0.4 is 0 Å². The Hall–Kier alpha value is -0.440. The van der Waals surface area contributed by atoms with Gasteiger partial charge in [0.15, 0.2) is 0 Å². The number of hydrogen-bond donors (Lipinski definition) is 0. The summed E-state index contributed by atoms with van der Waals surface area (Å²) in [4.78, 5) is 0. The zero-order valence-electron chi connectivity index (χ0n) is 10.8. The largest absolute Gasteiger partial charge is 0.120 e. The van der Waals surface area contributed by atoms with E-state index in [0.29, 0.717) is 5.41 Å². The molecule has 4 rings (SSSR count). The van der Waals surface area contributed by atoms with Crippen molar-refractivity contribution in [2.45, 2.75) is 58.8 Å². The molecule has 0 aromatic rings. The second-order valence-corrected chi connectivity index (χ2v) is 7.62. The third-order valence-corrected chi connectivity index (χ3v) is 5.37. The highest BCUT2D eigenvalue weighted by Crippen LogP contribution is 2.62. The van der Waals surface area contributed by atoms with E-state index in [2.05, 4.69) is 19.8 Å². The summed E-state index contributed by atoms with van der Waals surface area (Å²) in [5.74, 6) is 6.18. The molecule has 0 heterocycles. The molecule has 0 spiro atoms. The van der Waals surface area contributed by atoms with Gasteiger partial charge in [0.1, 0.15) is 0 Å². The summed E-state index contributed by atoms with van der Waals surface area (Å²) >= 11 is 0. The topological polar surface area (TPSA) is 0 Å². The summed E-state index contributed by atoms with van der Waals surface area (Å²) in [6.45, 7) is 4.51. The third-order valence-electron chi connectivity index (χ3n) is 5.37. The minimum absolute atomic E-state index is 0.117. The van der Waals surface area contributed by atoms with Crippen molar-refractivity contribution in [2.24, 2.45) is 28.6 Å². The molecule has 0 radical (unpaired) electrons. The Morgan fingerprint density at radius 1 is 1.06 bits per heavy atom. The van der Waals surface area contributed by atoms with Gasteiger partial charge < -0.3 is 0 Å². The van der Waals surface area contributed by atoms with Crippen molar-refractivity contribution >= 4 is 0 Å². The maximum absolute atomic E-state index is 5.69. The van der Waals surface area contributed by atoms with Gasteiger partial charge in [0.05, 0.1) is 0 Å². The normalized spacial score (nSPS) is 45.7. The minimum atomic E-state index is 0.117. The Morgan fingerprint density at radius 2 is 1.50 bits per heavy atom. The van der Waals surface area contributed by atoms with Gasteiger partial charge in [0.2, 0.25) is 0 Å². The van der Waals surface area contributed by atoms with Crippen LogP contribution in [0.5, 0.6) is 0 Å². The second kappa shape index (κ2) is 3.28. The summed E-state index contributed by atoms with van der Waals surface area (Å²) in [6.07, 6.45) is 16.0. The van der Waals surface area contributed by atoms with Crippen LogP contribution in [0.2, 0.25) is 0 Å². The SMILES string of the molecule is C#CC(C)(C)CC12CC3CC(CC(C3)C1)C2. The molecule has 0 aliphatic heterocycles. The Balaban J connectivity index is 1.81. The predicted octanol–water partition coefficient (Wildman–Crippen LogP) is 4.25. The van der Waals surface area contributed by atoms with Crippen LogP contribution >= 0.6 is 0 Å². The van der Waals surface area contributed by atoms with Gasteiger partial charge in [0, 0.05) is 5.41 Å². The molecule has 0 saturated heterocycles. The highest BCUT2D eigenvalue weighted by atomic mass is 14.6. The van der Waals surface area contributed by atoms with Gasteiger partial charge in [-0.05, 0) is 82.0 Å². The predicted molar refractivity (Wildman–Crippen MR) is 67.8 cm³/mol. The Kier molecular flexibility index (Phi) is 2.19. The van der Waals surface area contributed by atoms with E-state index in [4.69, 9.17) is 6.42 Å². The van der Waals surface area contributed by atoms with Crippen LogP contribution in [0.4, 0.5) is 0 Å². The molecule has 0 aromatic carbocycles. The molecule has 16 heavy (non-hydrogen) atoms. The van der Waals surface area contributed by atoms with Crippen LogP contribution in [-0.2, 0) is 0 Å². The van der Waals surface area contributed by atoms with Crippen molar-refractivity contribution in [3.63, 3.8) is 0 Å². The fraction of sp³-hybridized carbons (Fsp3) is 0.875. The van der Waals surface area contributed by atoms with E-state index in [1.165, 1.54) is 44.9 Å². The number of hydrogen-bond acceptors (Lipinski definition) is 0. The average molecular weight is 216 g/mol. The van der Waals surface area contributed by atoms with Crippen molar-refractivity contribution in [2.75, 3.05) is 0 Å². The maximum atomic E-state index is 5.69. The molecule has 0 nitrogen and oxygen atoms in total. The Labute approximate surface area is 100 Å². The molecule has 4 bridgehead atoms. The first kappa shape index (κ1) is 10.7. The number of terminal acetylenes is 1. The van der Waals surface area contributed by atoms with Crippen molar-refractivity contribution in [3.05, 3.63) is 0 Å². The van der Waals surface area contributed by atoms with Gasteiger partial charge in [-0.3, -0.25) is 0 Å². The smallest absolute Gasteiger partial charge is 0.0261 e. The van der Waals surface area contributed by atoms with Gasteiger partial charge in [-0.15, -0.1) is 12.3 Å². The van der Waals surface area contributed by atoms with Crippen LogP contribution in [0.15, 0.2) is 0 Å². The monoisotopic (exact) mass is 216 g/mol. The molecular formula is C16H24. The van der Waals surface area contributed by atoms with Gasteiger partial charge in [-0.2, -0.15) is 0 Å². The first-order chi connectivity index (χ1) is 7.50. The molecular weight excluding hydrogens is 192 g/mol. The first-order valence-corrected chi connectivity index (χ1v) is 6.98. The molecule has 0 N–H and O–H groups in total. The Bertz CT molecular complexity index is 293. The third kappa shape index (κ3) is 1.69. The summed E-state index contributed by atoms with van der Waals surface area (Å²) in [7, 11) is 0. The van der Waals surface area contributed by atoms with E-state index in [1.54, 1.807) is 0 Å². The number of rotatable bonds is 2. The zero-order valence-corrected chi connectivity index (χ0v) is 10.8. The van der Waals surface area contributed by atoms with Gasteiger partial charge in [-0.1, -0.05) is 0 Å². The maximum Gasteiger partial charge on any atom is 0.0261 e. The summed E-state index contributed by atoms with van der Waals surface area (Å²) in [5.41, 5.74) is 0.760. The molecule has 4 aliphatic carbocycles. The molecule has 88 valence electrons. The summed E-state index contributed by atoms with van der Waals surface area (Å²) in [6, 6.07) is 0. The van der Waals surface area contributed by atoms with Crippen molar-refractivity contribution in [1.29, 1.82) is 0 Å². The fourth-order valence-corrected chi connectivity index (χ4v) is 5.50. The van der Waals surface area contributed by atoms with Gasteiger partial charge in [-0.25, -0.2) is 0 Å². The molecule has 4 saturated carbocycles.